The van der Waals surface area contributed by atoms with Gasteiger partial charge in [-0.1, -0.05) is 23.3 Å². The third-order valence-corrected chi connectivity index (χ3v) is 6.29. The maximum absolute atomic E-state index is 14.0. The van der Waals surface area contributed by atoms with Crippen molar-refractivity contribution in [2.45, 2.75) is 59.7 Å². The van der Waals surface area contributed by atoms with E-state index in [4.69, 9.17) is 9.15 Å². The van der Waals surface area contributed by atoms with Crippen molar-refractivity contribution in [3.05, 3.63) is 68.4 Å². The molecule has 38 heavy (non-hydrogen) atoms. The van der Waals surface area contributed by atoms with E-state index in [9.17, 15) is 30.3 Å². The molecule has 0 aliphatic carbocycles. The third-order valence-electron chi connectivity index (χ3n) is 6.29. The number of phenols is 4. The fourth-order valence-corrected chi connectivity index (χ4v) is 4.44. The average molecular weight is 521 g/mol. The highest BCUT2D eigenvalue weighted by Gasteiger charge is 2.33. The van der Waals surface area contributed by atoms with E-state index in [1.165, 1.54) is 6.08 Å². The standard InChI is InChI=1S/C30H32O8/c1-14(2)7-8-17-27-16(9-10-30(5,6)38-27)25(35)24-26(36)23(22(34)11-15(3)4)29(37-28(17)24)18-12-20(32)21(33)13-19(18)31/h7,9-13,22,31-35H,8H2,1-6H3. The monoisotopic (exact) mass is 520 g/mol. The van der Waals surface area contributed by atoms with Crippen LogP contribution in [-0.2, 0) is 6.42 Å². The molecule has 3 aromatic rings. The van der Waals surface area contributed by atoms with Crippen molar-refractivity contribution < 1.29 is 34.7 Å². The number of rotatable bonds is 5. The molecule has 1 unspecified atom stereocenters. The molecule has 2 heterocycles. The Bertz CT molecular complexity index is 1590. The van der Waals surface area contributed by atoms with Crippen molar-refractivity contribution in [2.24, 2.45) is 0 Å². The van der Waals surface area contributed by atoms with Crippen molar-refractivity contribution in [3.63, 3.8) is 0 Å². The second-order valence-electron chi connectivity index (χ2n) is 10.5. The number of ether oxygens (including phenoxy) is 1. The Morgan fingerprint density at radius 3 is 2.29 bits per heavy atom. The minimum absolute atomic E-state index is 0.0185. The quantitative estimate of drug-likeness (QED) is 0.157. The van der Waals surface area contributed by atoms with Crippen LogP contribution in [-0.4, -0.2) is 31.1 Å². The van der Waals surface area contributed by atoms with Gasteiger partial charge in [-0.05, 0) is 66.2 Å². The zero-order valence-electron chi connectivity index (χ0n) is 22.2. The summed E-state index contributed by atoms with van der Waals surface area (Å²) in [5.41, 5.74) is 0.766. The van der Waals surface area contributed by atoms with Crippen LogP contribution in [0.1, 0.15) is 64.3 Å². The number of allylic oxidation sites excluding steroid dienone is 3. The second kappa shape index (κ2) is 9.61. The van der Waals surface area contributed by atoms with Crippen LogP contribution in [0, 0.1) is 0 Å². The van der Waals surface area contributed by atoms with Crippen LogP contribution in [0.3, 0.4) is 0 Å². The van der Waals surface area contributed by atoms with Crippen LogP contribution >= 0.6 is 0 Å². The van der Waals surface area contributed by atoms with Gasteiger partial charge in [-0.3, -0.25) is 4.79 Å². The van der Waals surface area contributed by atoms with Gasteiger partial charge in [0.15, 0.2) is 11.5 Å². The molecule has 4 rings (SSSR count). The Morgan fingerprint density at radius 1 is 1.00 bits per heavy atom. The molecule has 0 spiro atoms. The van der Waals surface area contributed by atoms with Gasteiger partial charge < -0.3 is 34.7 Å². The Kier molecular flexibility index (Phi) is 6.80. The molecule has 1 aromatic heterocycles. The fourth-order valence-electron chi connectivity index (χ4n) is 4.44. The Labute approximate surface area is 220 Å². The van der Waals surface area contributed by atoms with Crippen molar-refractivity contribution >= 4 is 17.0 Å². The second-order valence-corrected chi connectivity index (χ2v) is 10.5. The first kappa shape index (κ1) is 26.9. The fraction of sp³-hybridized carbons (Fsp3) is 0.300. The molecule has 8 nitrogen and oxygen atoms in total. The Hall–Kier alpha value is -4.17. The first-order valence-electron chi connectivity index (χ1n) is 12.2. The number of aliphatic hydroxyl groups excluding tert-OH is 1. The maximum Gasteiger partial charge on any atom is 0.203 e. The predicted molar refractivity (Wildman–Crippen MR) is 146 cm³/mol. The van der Waals surface area contributed by atoms with Crippen LogP contribution in [0.4, 0.5) is 0 Å². The number of hydrogen-bond donors (Lipinski definition) is 5. The largest absolute Gasteiger partial charge is 0.507 e. The van der Waals surface area contributed by atoms with Gasteiger partial charge >= 0.3 is 0 Å². The number of aromatic hydroxyl groups is 4. The molecule has 0 fully saturated rings. The molecule has 1 aliphatic heterocycles. The van der Waals surface area contributed by atoms with Crippen molar-refractivity contribution in [1.82, 2.24) is 0 Å². The predicted octanol–water partition coefficient (Wildman–Crippen LogP) is 5.97. The van der Waals surface area contributed by atoms with Crippen LogP contribution in [0.15, 0.2) is 50.7 Å². The van der Waals surface area contributed by atoms with E-state index >= 15 is 0 Å². The summed E-state index contributed by atoms with van der Waals surface area (Å²) in [7, 11) is 0. The topological polar surface area (TPSA) is 141 Å². The van der Waals surface area contributed by atoms with E-state index in [0.29, 0.717) is 28.9 Å². The highest BCUT2D eigenvalue weighted by atomic mass is 16.5. The van der Waals surface area contributed by atoms with Gasteiger partial charge in [-0.25, -0.2) is 0 Å². The van der Waals surface area contributed by atoms with Crippen molar-refractivity contribution in [3.8, 4) is 40.1 Å². The molecule has 0 amide bonds. The van der Waals surface area contributed by atoms with E-state index < -0.39 is 34.4 Å². The molecule has 0 radical (unpaired) electrons. The Morgan fingerprint density at radius 2 is 1.66 bits per heavy atom. The lowest BCUT2D eigenvalue weighted by Gasteiger charge is -2.30. The number of phenolic OH excluding ortho intramolecular Hbond substituents is 4. The van der Waals surface area contributed by atoms with E-state index in [1.54, 1.807) is 26.0 Å². The summed E-state index contributed by atoms with van der Waals surface area (Å²) < 4.78 is 12.5. The SMILES string of the molecule is CC(C)=CCc1c2c(c(O)c3c(=O)c(C(O)C=C(C)C)c(-c4cc(O)c(O)cc4O)oc13)C=CC(C)(C)O2. The molecular weight excluding hydrogens is 488 g/mol. The summed E-state index contributed by atoms with van der Waals surface area (Å²) in [5, 5.41) is 52.9. The highest BCUT2D eigenvalue weighted by Crippen LogP contribution is 2.47. The number of aliphatic hydroxyl groups is 1. The lowest BCUT2D eigenvalue weighted by Crippen LogP contribution is -2.28. The van der Waals surface area contributed by atoms with Crippen LogP contribution in [0.2, 0.25) is 0 Å². The molecular formula is C30H32O8. The summed E-state index contributed by atoms with van der Waals surface area (Å²) in [6.45, 7) is 11.0. The van der Waals surface area contributed by atoms with E-state index in [2.05, 4.69) is 0 Å². The van der Waals surface area contributed by atoms with Crippen molar-refractivity contribution in [1.29, 1.82) is 0 Å². The maximum atomic E-state index is 14.0. The molecule has 200 valence electrons. The van der Waals surface area contributed by atoms with Crippen molar-refractivity contribution in [2.75, 3.05) is 0 Å². The average Bonchev–Trinajstić information content (AvgIpc) is 2.79. The molecule has 8 heteroatoms. The lowest BCUT2D eigenvalue weighted by molar-refractivity contribution is 0.157. The molecule has 0 saturated heterocycles. The van der Waals surface area contributed by atoms with Gasteiger partial charge in [0, 0.05) is 11.6 Å². The molecule has 5 N–H and O–H groups in total. The van der Waals surface area contributed by atoms with E-state index in [1.807, 2.05) is 33.8 Å². The minimum atomic E-state index is -1.46. The minimum Gasteiger partial charge on any atom is -0.507 e. The molecule has 1 atom stereocenters. The Balaban J connectivity index is 2.23. The van der Waals surface area contributed by atoms with E-state index in [-0.39, 0.29) is 33.6 Å². The molecule has 1 aliphatic rings. The third kappa shape index (κ3) is 4.75. The zero-order chi connectivity index (χ0) is 28.1. The van der Waals surface area contributed by atoms with Gasteiger partial charge in [0.25, 0.3) is 0 Å². The highest BCUT2D eigenvalue weighted by molar-refractivity contribution is 5.96. The summed E-state index contributed by atoms with van der Waals surface area (Å²) in [4.78, 5) is 14.0. The molecule has 0 bridgehead atoms. The summed E-state index contributed by atoms with van der Waals surface area (Å²) in [6.07, 6.45) is 5.67. The molecule has 0 saturated carbocycles. The smallest absolute Gasteiger partial charge is 0.203 e. The van der Waals surface area contributed by atoms with Gasteiger partial charge in [0.2, 0.25) is 5.43 Å². The van der Waals surface area contributed by atoms with Gasteiger partial charge in [-0.2, -0.15) is 0 Å². The van der Waals surface area contributed by atoms with Crippen LogP contribution < -0.4 is 10.2 Å². The lowest BCUT2D eigenvalue weighted by atomic mass is 9.92. The molecule has 2 aromatic carbocycles. The van der Waals surface area contributed by atoms with Crippen LogP contribution in [0.5, 0.6) is 28.7 Å². The summed E-state index contributed by atoms with van der Waals surface area (Å²) in [5.74, 6) is -1.84. The first-order chi connectivity index (χ1) is 17.7. The normalized spacial score (nSPS) is 14.5. The van der Waals surface area contributed by atoms with Gasteiger partial charge in [0.1, 0.15) is 45.7 Å². The van der Waals surface area contributed by atoms with E-state index in [0.717, 1.165) is 17.7 Å². The number of fused-ring (bicyclic) bond motifs is 2. The van der Waals surface area contributed by atoms with Gasteiger partial charge in [-0.15, -0.1) is 0 Å². The number of benzene rings is 2. The summed E-state index contributed by atoms with van der Waals surface area (Å²) >= 11 is 0. The van der Waals surface area contributed by atoms with Gasteiger partial charge in [0.05, 0.1) is 16.7 Å². The first-order valence-corrected chi connectivity index (χ1v) is 12.2. The summed E-state index contributed by atoms with van der Waals surface area (Å²) in [6, 6.07) is 1.96. The zero-order valence-corrected chi connectivity index (χ0v) is 22.2. The number of hydrogen-bond acceptors (Lipinski definition) is 8. The van der Waals surface area contributed by atoms with Crippen LogP contribution in [0.25, 0.3) is 28.4 Å².